The number of rotatable bonds is 2. The first-order valence-corrected chi connectivity index (χ1v) is 7.10. The highest BCUT2D eigenvalue weighted by atomic mass is 16.5. The van der Waals surface area contributed by atoms with E-state index in [2.05, 4.69) is 11.8 Å². The molecule has 1 amide bonds. The number of likely N-dealkylation sites (N-methyl/N-ethyl adjacent to an activating group) is 2. The number of para-hydroxylation sites is 1. The molecule has 0 fully saturated rings. The summed E-state index contributed by atoms with van der Waals surface area (Å²) in [5.74, 6) is 1.28. The molecule has 0 N–H and O–H groups in total. The third kappa shape index (κ3) is 3.51. The molecule has 0 spiro atoms. The second-order valence-corrected chi connectivity index (χ2v) is 5.95. The zero-order valence-corrected chi connectivity index (χ0v) is 12.8. The lowest BCUT2D eigenvalue weighted by Gasteiger charge is -2.29. The van der Waals surface area contributed by atoms with Gasteiger partial charge in [-0.2, -0.15) is 0 Å². The highest BCUT2D eigenvalue weighted by Gasteiger charge is 2.26. The molecule has 1 aromatic rings. The maximum atomic E-state index is 12.2. The van der Waals surface area contributed by atoms with E-state index in [0.717, 1.165) is 24.4 Å². The van der Waals surface area contributed by atoms with Crippen LogP contribution in [0.4, 0.5) is 0 Å². The quantitative estimate of drug-likeness (QED) is 0.823. The summed E-state index contributed by atoms with van der Waals surface area (Å²) in [5, 5.41) is 0. The van der Waals surface area contributed by atoms with E-state index in [-0.39, 0.29) is 17.9 Å². The normalized spacial score (nSPS) is 23.6. The minimum Gasteiger partial charge on any atom is -0.488 e. The van der Waals surface area contributed by atoms with Gasteiger partial charge in [0.1, 0.15) is 11.9 Å². The second kappa shape index (κ2) is 6.27. The van der Waals surface area contributed by atoms with E-state index in [4.69, 9.17) is 4.74 Å². The predicted octanol–water partition coefficient (Wildman–Crippen LogP) is 1.65. The topological polar surface area (TPSA) is 32.8 Å². The summed E-state index contributed by atoms with van der Waals surface area (Å²) in [4.78, 5) is 16.2. The Morgan fingerprint density at radius 3 is 2.75 bits per heavy atom. The van der Waals surface area contributed by atoms with Crippen LogP contribution in [0.2, 0.25) is 0 Å². The Morgan fingerprint density at radius 2 is 2.05 bits per heavy atom. The fraction of sp³-hybridized carbons (Fsp3) is 0.562. The Balaban J connectivity index is 2.32. The number of benzene rings is 1. The van der Waals surface area contributed by atoms with Gasteiger partial charge in [0.15, 0.2) is 0 Å². The lowest BCUT2D eigenvalue weighted by molar-refractivity contribution is -0.129. The van der Waals surface area contributed by atoms with Gasteiger partial charge in [-0.25, -0.2) is 0 Å². The maximum Gasteiger partial charge on any atom is 0.226 e. The minimum absolute atomic E-state index is 0.0829. The van der Waals surface area contributed by atoms with E-state index in [0.29, 0.717) is 6.42 Å². The summed E-state index contributed by atoms with van der Waals surface area (Å²) in [6, 6.07) is 7.85. The van der Waals surface area contributed by atoms with Crippen LogP contribution < -0.4 is 4.74 Å². The molecule has 110 valence electrons. The number of ether oxygens (including phenoxy) is 1. The SMILES string of the molecule is C[C@H]1CN(C)C(=O)Cc2ccccc2O[C@H]1CN(C)C. The van der Waals surface area contributed by atoms with E-state index in [1.54, 1.807) is 0 Å². The summed E-state index contributed by atoms with van der Waals surface area (Å²) in [5.41, 5.74) is 0.974. The van der Waals surface area contributed by atoms with Crippen molar-refractivity contribution in [1.29, 1.82) is 0 Å². The van der Waals surface area contributed by atoms with Crippen LogP contribution in [-0.4, -0.2) is 56.0 Å². The lowest BCUT2D eigenvalue weighted by atomic mass is 10.0. The molecule has 0 aliphatic carbocycles. The van der Waals surface area contributed by atoms with Crippen molar-refractivity contribution < 1.29 is 9.53 Å². The Bertz CT molecular complexity index is 473. The summed E-state index contributed by atoms with van der Waals surface area (Å²) < 4.78 is 6.22. The van der Waals surface area contributed by atoms with Gasteiger partial charge in [-0.1, -0.05) is 25.1 Å². The summed E-state index contributed by atoms with van der Waals surface area (Å²) in [6.07, 6.45) is 0.494. The molecule has 0 radical (unpaired) electrons. The molecule has 1 aromatic carbocycles. The number of carbonyl (C=O) groups is 1. The fourth-order valence-electron chi connectivity index (χ4n) is 2.57. The first-order chi connectivity index (χ1) is 9.47. The molecule has 2 rings (SSSR count). The Hall–Kier alpha value is -1.55. The minimum atomic E-state index is 0.0829. The number of fused-ring (bicyclic) bond motifs is 1. The van der Waals surface area contributed by atoms with Crippen LogP contribution in [0.5, 0.6) is 5.75 Å². The number of carbonyl (C=O) groups excluding carboxylic acids is 1. The molecule has 0 bridgehead atoms. The number of hydrogen-bond acceptors (Lipinski definition) is 3. The average molecular weight is 276 g/mol. The van der Waals surface area contributed by atoms with Crippen LogP contribution in [-0.2, 0) is 11.2 Å². The molecule has 1 heterocycles. The van der Waals surface area contributed by atoms with Crippen LogP contribution in [0.15, 0.2) is 24.3 Å². The molecule has 20 heavy (non-hydrogen) atoms. The standard InChI is InChI=1S/C16H24N2O2/c1-12-10-18(4)16(19)9-13-7-5-6-8-14(13)20-15(12)11-17(2)3/h5-8,12,15H,9-11H2,1-4H3/t12-,15-/m0/s1. The zero-order valence-electron chi connectivity index (χ0n) is 12.8. The molecule has 0 unspecified atom stereocenters. The van der Waals surface area contributed by atoms with Crippen molar-refractivity contribution >= 4 is 5.91 Å². The lowest BCUT2D eigenvalue weighted by Crippen LogP contribution is -2.41. The monoisotopic (exact) mass is 276 g/mol. The average Bonchev–Trinajstić information content (AvgIpc) is 2.42. The second-order valence-electron chi connectivity index (χ2n) is 5.95. The molecule has 1 aliphatic rings. The van der Waals surface area contributed by atoms with Gasteiger partial charge in [0, 0.05) is 31.6 Å². The first kappa shape index (κ1) is 14.9. The molecule has 0 aromatic heterocycles. The molecule has 4 heteroatoms. The van der Waals surface area contributed by atoms with E-state index in [9.17, 15) is 4.79 Å². The van der Waals surface area contributed by atoms with Crippen molar-refractivity contribution in [2.45, 2.75) is 19.4 Å². The van der Waals surface area contributed by atoms with Crippen molar-refractivity contribution in [2.75, 3.05) is 34.2 Å². The molecule has 0 saturated heterocycles. The van der Waals surface area contributed by atoms with Crippen molar-refractivity contribution in [3.8, 4) is 5.75 Å². The van der Waals surface area contributed by atoms with Crippen LogP contribution in [0.25, 0.3) is 0 Å². The van der Waals surface area contributed by atoms with Crippen molar-refractivity contribution in [2.24, 2.45) is 5.92 Å². The zero-order chi connectivity index (χ0) is 14.7. The van der Waals surface area contributed by atoms with E-state index in [1.165, 1.54) is 0 Å². The third-order valence-corrected chi connectivity index (χ3v) is 3.76. The largest absolute Gasteiger partial charge is 0.488 e. The van der Waals surface area contributed by atoms with Gasteiger partial charge in [0.05, 0.1) is 6.42 Å². The smallest absolute Gasteiger partial charge is 0.226 e. The molecule has 0 saturated carbocycles. The van der Waals surface area contributed by atoms with E-state index in [1.807, 2.05) is 50.3 Å². The van der Waals surface area contributed by atoms with Gasteiger partial charge in [0.2, 0.25) is 5.91 Å². The van der Waals surface area contributed by atoms with Crippen LogP contribution in [0, 0.1) is 5.92 Å². The van der Waals surface area contributed by atoms with Crippen molar-refractivity contribution in [1.82, 2.24) is 9.80 Å². The van der Waals surface area contributed by atoms with Gasteiger partial charge < -0.3 is 14.5 Å². The van der Waals surface area contributed by atoms with Gasteiger partial charge in [-0.15, -0.1) is 0 Å². The predicted molar refractivity (Wildman–Crippen MR) is 79.9 cm³/mol. The van der Waals surface area contributed by atoms with E-state index >= 15 is 0 Å². The number of nitrogens with zero attached hydrogens (tertiary/aromatic N) is 2. The Kier molecular flexibility index (Phi) is 4.65. The summed E-state index contributed by atoms with van der Waals surface area (Å²) in [7, 11) is 5.96. The summed E-state index contributed by atoms with van der Waals surface area (Å²) >= 11 is 0. The Labute approximate surface area is 121 Å². The van der Waals surface area contributed by atoms with Crippen LogP contribution in [0.3, 0.4) is 0 Å². The van der Waals surface area contributed by atoms with E-state index < -0.39 is 0 Å². The van der Waals surface area contributed by atoms with Crippen LogP contribution >= 0.6 is 0 Å². The fourth-order valence-corrected chi connectivity index (χ4v) is 2.57. The third-order valence-electron chi connectivity index (χ3n) is 3.76. The number of amides is 1. The van der Waals surface area contributed by atoms with Gasteiger partial charge in [0.25, 0.3) is 0 Å². The highest BCUT2D eigenvalue weighted by Crippen LogP contribution is 2.25. The van der Waals surface area contributed by atoms with Crippen molar-refractivity contribution in [3.63, 3.8) is 0 Å². The van der Waals surface area contributed by atoms with Gasteiger partial charge >= 0.3 is 0 Å². The molecule has 4 nitrogen and oxygen atoms in total. The Morgan fingerprint density at radius 1 is 1.35 bits per heavy atom. The molecule has 2 atom stereocenters. The molecule has 1 aliphatic heterocycles. The van der Waals surface area contributed by atoms with Gasteiger partial charge in [-0.3, -0.25) is 4.79 Å². The molecular formula is C16H24N2O2. The summed E-state index contributed by atoms with van der Waals surface area (Å²) in [6.45, 7) is 3.72. The van der Waals surface area contributed by atoms with Crippen molar-refractivity contribution in [3.05, 3.63) is 29.8 Å². The van der Waals surface area contributed by atoms with Crippen LogP contribution in [0.1, 0.15) is 12.5 Å². The molecular weight excluding hydrogens is 252 g/mol. The highest BCUT2D eigenvalue weighted by molar-refractivity contribution is 5.79. The first-order valence-electron chi connectivity index (χ1n) is 7.10. The maximum absolute atomic E-state index is 12.2. The number of hydrogen-bond donors (Lipinski definition) is 0. The van der Waals surface area contributed by atoms with Gasteiger partial charge in [-0.05, 0) is 20.2 Å².